The lowest BCUT2D eigenvalue weighted by Gasteiger charge is -2.34. The molecule has 0 aromatic carbocycles. The smallest absolute Gasteiger partial charge is 0.0218 e. The molecule has 0 aromatic heterocycles. The summed E-state index contributed by atoms with van der Waals surface area (Å²) < 4.78 is 0. The first-order chi connectivity index (χ1) is 8.71. The molecule has 110 valence electrons. The van der Waals surface area contributed by atoms with E-state index in [2.05, 4.69) is 32.1 Å². The third-order valence-corrected chi connectivity index (χ3v) is 4.61. The van der Waals surface area contributed by atoms with E-state index in [1.54, 1.807) is 0 Å². The van der Waals surface area contributed by atoms with Crippen LogP contribution in [0, 0.1) is 0 Å². The molecule has 0 amide bonds. The van der Waals surface area contributed by atoms with Crippen molar-refractivity contribution in [2.75, 3.05) is 25.6 Å². The lowest BCUT2D eigenvalue weighted by Crippen LogP contribution is -2.45. The number of likely N-dealkylation sites (N-methyl/N-ethyl adjacent to an activating group) is 1. The third-order valence-electron chi connectivity index (χ3n) is 3.90. The highest BCUT2D eigenvalue weighted by atomic mass is 32.2. The van der Waals surface area contributed by atoms with E-state index in [-0.39, 0.29) is 0 Å². The molecule has 0 aliphatic rings. The van der Waals surface area contributed by atoms with Gasteiger partial charge in [0, 0.05) is 24.4 Å². The first-order valence-corrected chi connectivity index (χ1v) is 9.01. The second-order valence-electron chi connectivity index (χ2n) is 5.28. The van der Waals surface area contributed by atoms with Crippen LogP contribution >= 0.6 is 11.8 Å². The van der Waals surface area contributed by atoms with Crippen LogP contribution in [0.15, 0.2) is 0 Å². The van der Waals surface area contributed by atoms with Crippen LogP contribution in [-0.4, -0.2) is 42.6 Å². The number of rotatable bonds is 12. The zero-order valence-electron chi connectivity index (χ0n) is 13.0. The van der Waals surface area contributed by atoms with Crippen LogP contribution in [0.4, 0.5) is 0 Å². The monoisotopic (exact) mass is 274 g/mol. The van der Waals surface area contributed by atoms with Crippen LogP contribution in [0.5, 0.6) is 0 Å². The number of hydrogen-bond acceptors (Lipinski definition) is 3. The second-order valence-corrected chi connectivity index (χ2v) is 6.19. The first-order valence-electron chi connectivity index (χ1n) is 7.62. The van der Waals surface area contributed by atoms with E-state index < -0.39 is 0 Å². The van der Waals surface area contributed by atoms with Gasteiger partial charge in [-0.25, -0.2) is 0 Å². The van der Waals surface area contributed by atoms with Crippen molar-refractivity contribution >= 4 is 11.8 Å². The van der Waals surface area contributed by atoms with E-state index >= 15 is 0 Å². The number of unbranched alkanes of at least 4 members (excludes halogenated alkanes) is 4. The maximum Gasteiger partial charge on any atom is 0.0218 e. The van der Waals surface area contributed by atoms with Crippen LogP contribution in [0.2, 0.25) is 0 Å². The maximum atomic E-state index is 5.95. The SMILES string of the molecule is CCCCCCCC(CN)N(C)C(CC)CSC. The van der Waals surface area contributed by atoms with Crippen molar-refractivity contribution in [3.05, 3.63) is 0 Å². The van der Waals surface area contributed by atoms with E-state index in [1.807, 2.05) is 11.8 Å². The van der Waals surface area contributed by atoms with Gasteiger partial charge in [-0.1, -0.05) is 46.0 Å². The Hall–Kier alpha value is 0.270. The first kappa shape index (κ1) is 18.3. The number of thioether (sulfide) groups is 1. The fourth-order valence-electron chi connectivity index (χ4n) is 2.49. The fraction of sp³-hybridized carbons (Fsp3) is 1.00. The molecule has 0 heterocycles. The molecule has 0 aliphatic carbocycles. The maximum absolute atomic E-state index is 5.95. The van der Waals surface area contributed by atoms with Gasteiger partial charge in [0.05, 0.1) is 0 Å². The summed E-state index contributed by atoms with van der Waals surface area (Å²) in [5.74, 6) is 1.22. The van der Waals surface area contributed by atoms with Crippen LogP contribution in [0.1, 0.15) is 58.8 Å². The molecule has 3 heteroatoms. The van der Waals surface area contributed by atoms with Crippen molar-refractivity contribution in [3.63, 3.8) is 0 Å². The van der Waals surface area contributed by atoms with Crippen LogP contribution in [0.3, 0.4) is 0 Å². The molecule has 0 saturated heterocycles. The van der Waals surface area contributed by atoms with Gasteiger partial charge in [0.25, 0.3) is 0 Å². The third kappa shape index (κ3) is 7.65. The van der Waals surface area contributed by atoms with Crippen molar-refractivity contribution < 1.29 is 0 Å². The molecule has 2 atom stereocenters. The van der Waals surface area contributed by atoms with Gasteiger partial charge in [-0.3, -0.25) is 4.90 Å². The van der Waals surface area contributed by atoms with Crippen molar-refractivity contribution in [2.45, 2.75) is 70.9 Å². The molecule has 0 radical (unpaired) electrons. The molecule has 0 bridgehead atoms. The number of nitrogens with zero attached hydrogens (tertiary/aromatic N) is 1. The molecule has 0 fully saturated rings. The zero-order valence-corrected chi connectivity index (χ0v) is 13.8. The summed E-state index contributed by atoms with van der Waals surface area (Å²) in [5.41, 5.74) is 5.95. The average Bonchev–Trinajstić information content (AvgIpc) is 2.39. The predicted octanol–water partition coefficient (Wildman–Crippen LogP) is 3.75. The summed E-state index contributed by atoms with van der Waals surface area (Å²) >= 11 is 1.94. The summed E-state index contributed by atoms with van der Waals surface area (Å²) in [6.07, 6.45) is 11.5. The molecule has 0 aromatic rings. The molecular weight excluding hydrogens is 240 g/mol. The average molecular weight is 275 g/mol. The minimum atomic E-state index is 0.573. The Morgan fingerprint density at radius 1 is 1.06 bits per heavy atom. The minimum Gasteiger partial charge on any atom is -0.329 e. The lowest BCUT2D eigenvalue weighted by molar-refractivity contribution is 0.175. The topological polar surface area (TPSA) is 29.3 Å². The van der Waals surface area contributed by atoms with Crippen LogP contribution in [0.25, 0.3) is 0 Å². The summed E-state index contributed by atoms with van der Waals surface area (Å²) in [7, 11) is 2.26. The van der Waals surface area contributed by atoms with E-state index in [0.29, 0.717) is 12.1 Å². The van der Waals surface area contributed by atoms with Gasteiger partial charge < -0.3 is 5.73 Å². The van der Waals surface area contributed by atoms with E-state index in [4.69, 9.17) is 5.73 Å². The minimum absolute atomic E-state index is 0.573. The Kier molecular flexibility index (Phi) is 12.5. The standard InChI is InChI=1S/C15H34N2S/c1-5-7-8-9-10-11-15(12-16)17(3)14(6-2)13-18-4/h14-15H,5-13,16H2,1-4H3. The van der Waals surface area contributed by atoms with E-state index in [0.717, 1.165) is 6.54 Å². The van der Waals surface area contributed by atoms with Crippen LogP contribution < -0.4 is 5.73 Å². The second kappa shape index (κ2) is 12.3. The Bertz CT molecular complexity index is 176. The van der Waals surface area contributed by atoms with Crippen molar-refractivity contribution in [3.8, 4) is 0 Å². The highest BCUT2D eigenvalue weighted by Gasteiger charge is 2.19. The molecule has 0 spiro atoms. The highest BCUT2D eigenvalue weighted by Crippen LogP contribution is 2.16. The van der Waals surface area contributed by atoms with E-state index in [1.165, 1.54) is 50.7 Å². The number of hydrogen-bond donors (Lipinski definition) is 1. The summed E-state index contributed by atoms with van der Waals surface area (Å²) in [5, 5.41) is 0. The molecule has 18 heavy (non-hydrogen) atoms. The Balaban J connectivity index is 3.97. The van der Waals surface area contributed by atoms with Crippen molar-refractivity contribution in [2.24, 2.45) is 5.73 Å². The van der Waals surface area contributed by atoms with Gasteiger partial charge in [-0.2, -0.15) is 11.8 Å². The largest absolute Gasteiger partial charge is 0.329 e. The van der Waals surface area contributed by atoms with Crippen molar-refractivity contribution in [1.82, 2.24) is 4.90 Å². The van der Waals surface area contributed by atoms with E-state index in [9.17, 15) is 0 Å². The Labute approximate surface area is 119 Å². The van der Waals surface area contributed by atoms with Gasteiger partial charge >= 0.3 is 0 Å². The van der Waals surface area contributed by atoms with Crippen molar-refractivity contribution in [1.29, 1.82) is 0 Å². The van der Waals surface area contributed by atoms with Gasteiger partial charge in [0.2, 0.25) is 0 Å². The summed E-state index contributed by atoms with van der Waals surface area (Å²) in [4.78, 5) is 2.52. The fourth-order valence-corrected chi connectivity index (χ4v) is 3.34. The molecule has 2 N–H and O–H groups in total. The molecule has 2 unspecified atom stereocenters. The van der Waals surface area contributed by atoms with Gasteiger partial charge in [-0.15, -0.1) is 0 Å². The summed E-state index contributed by atoms with van der Waals surface area (Å²) in [6.45, 7) is 5.35. The molecule has 0 rings (SSSR count). The van der Waals surface area contributed by atoms with Gasteiger partial charge in [0.15, 0.2) is 0 Å². The highest BCUT2D eigenvalue weighted by molar-refractivity contribution is 7.98. The van der Waals surface area contributed by atoms with Gasteiger partial charge in [-0.05, 0) is 26.1 Å². The molecule has 0 aliphatic heterocycles. The molecular formula is C15H34N2S. The quantitative estimate of drug-likeness (QED) is 0.550. The molecule has 0 saturated carbocycles. The Morgan fingerprint density at radius 3 is 2.22 bits per heavy atom. The summed E-state index contributed by atoms with van der Waals surface area (Å²) in [6, 6.07) is 1.26. The lowest BCUT2D eigenvalue weighted by atomic mass is 10.0. The van der Waals surface area contributed by atoms with Gasteiger partial charge in [0.1, 0.15) is 0 Å². The van der Waals surface area contributed by atoms with Crippen LogP contribution in [-0.2, 0) is 0 Å². The predicted molar refractivity (Wildman–Crippen MR) is 86.4 cm³/mol. The zero-order chi connectivity index (χ0) is 13.8. The normalized spacial score (nSPS) is 15.0. The molecule has 2 nitrogen and oxygen atoms in total. The Morgan fingerprint density at radius 2 is 1.72 bits per heavy atom. The number of nitrogens with two attached hydrogens (primary N) is 1.